The molecule has 1 atom stereocenters. The summed E-state index contributed by atoms with van der Waals surface area (Å²) in [5, 5.41) is 25.2. The molecular weight excluding hydrogens is 274 g/mol. The molecule has 0 radical (unpaired) electrons. The molecule has 0 aliphatic heterocycles. The molecule has 1 aromatic heterocycles. The van der Waals surface area contributed by atoms with Gasteiger partial charge >= 0.3 is 5.69 Å². The van der Waals surface area contributed by atoms with Crippen LogP contribution in [-0.4, -0.2) is 28.4 Å². The van der Waals surface area contributed by atoms with Crippen molar-refractivity contribution in [3.05, 3.63) is 27.9 Å². The van der Waals surface area contributed by atoms with Crippen LogP contribution in [0.4, 0.5) is 11.5 Å². The smallest absolute Gasteiger partial charge is 0.305 e. The molecular formula is C13H17N5O3. The number of amides is 1. The van der Waals surface area contributed by atoms with Crippen molar-refractivity contribution in [1.29, 1.82) is 5.26 Å². The third-order valence-corrected chi connectivity index (χ3v) is 2.85. The fraction of sp³-hybridized carbons (Fsp3) is 0.462. The molecule has 0 aromatic carbocycles. The van der Waals surface area contributed by atoms with Crippen molar-refractivity contribution in [1.82, 2.24) is 10.3 Å². The zero-order valence-corrected chi connectivity index (χ0v) is 11.9. The van der Waals surface area contributed by atoms with Gasteiger partial charge in [-0.1, -0.05) is 6.92 Å². The van der Waals surface area contributed by atoms with E-state index in [1.165, 1.54) is 12.1 Å². The number of nitrogens with one attached hydrogen (secondary N) is 2. The molecule has 1 unspecified atom stereocenters. The number of carbonyl (C=O) groups is 1. The molecule has 1 amide bonds. The van der Waals surface area contributed by atoms with Crippen LogP contribution >= 0.6 is 0 Å². The zero-order valence-electron chi connectivity index (χ0n) is 11.9. The molecule has 1 heterocycles. The Balaban J connectivity index is 2.55. The van der Waals surface area contributed by atoms with Gasteiger partial charge < -0.3 is 10.6 Å². The normalized spacial score (nSPS) is 11.3. The second-order valence-electron chi connectivity index (χ2n) is 4.49. The molecule has 112 valence electrons. The molecule has 0 saturated heterocycles. The van der Waals surface area contributed by atoms with Crippen molar-refractivity contribution >= 4 is 17.4 Å². The number of rotatable bonds is 7. The Bertz CT molecular complexity index is 567. The van der Waals surface area contributed by atoms with Gasteiger partial charge in [-0.2, -0.15) is 5.26 Å². The van der Waals surface area contributed by atoms with Crippen LogP contribution in [0, 0.1) is 21.4 Å². The van der Waals surface area contributed by atoms with Gasteiger partial charge in [0, 0.05) is 25.1 Å². The van der Waals surface area contributed by atoms with Gasteiger partial charge in [0.05, 0.1) is 4.92 Å². The molecule has 1 aromatic rings. The highest BCUT2D eigenvalue weighted by Gasteiger charge is 2.15. The van der Waals surface area contributed by atoms with Crippen LogP contribution in [0.1, 0.15) is 32.4 Å². The summed E-state index contributed by atoms with van der Waals surface area (Å²) in [5.41, 5.74) is -0.591. The molecule has 0 saturated carbocycles. The number of hydrogen-bond donors (Lipinski definition) is 2. The number of carbonyl (C=O) groups excluding carboxylic acids is 1. The number of nitriles is 1. The third-order valence-electron chi connectivity index (χ3n) is 2.85. The Labute approximate surface area is 122 Å². The Morgan fingerprint density at radius 2 is 2.29 bits per heavy atom. The summed E-state index contributed by atoms with van der Waals surface area (Å²) in [7, 11) is 0. The van der Waals surface area contributed by atoms with Crippen LogP contribution in [0.2, 0.25) is 0 Å². The van der Waals surface area contributed by atoms with E-state index in [4.69, 9.17) is 5.26 Å². The standard InChI is InChI=1S/C13H17N5O3/c1-3-9(2)16-13(19)6-7-15-12-5-4-11(18(20)21)10(8-14)17-12/h4-5,9H,3,6-7H2,1-2H3,(H,15,17)(H,16,19). The molecule has 0 bridgehead atoms. The summed E-state index contributed by atoms with van der Waals surface area (Å²) in [6.07, 6.45) is 1.11. The second-order valence-corrected chi connectivity index (χ2v) is 4.49. The quantitative estimate of drug-likeness (QED) is 0.581. The van der Waals surface area contributed by atoms with Gasteiger partial charge in [-0.15, -0.1) is 0 Å². The van der Waals surface area contributed by atoms with E-state index in [2.05, 4.69) is 15.6 Å². The minimum Gasteiger partial charge on any atom is -0.370 e. The summed E-state index contributed by atoms with van der Waals surface area (Å²) in [4.78, 5) is 25.4. The lowest BCUT2D eigenvalue weighted by Gasteiger charge is -2.11. The summed E-state index contributed by atoms with van der Waals surface area (Å²) in [5.74, 6) is 0.243. The predicted octanol–water partition coefficient (Wildman–Crippen LogP) is 1.58. The summed E-state index contributed by atoms with van der Waals surface area (Å²) < 4.78 is 0. The lowest BCUT2D eigenvalue weighted by molar-refractivity contribution is -0.385. The SMILES string of the molecule is CCC(C)NC(=O)CCNc1ccc([N+](=O)[O-])c(C#N)n1. The predicted molar refractivity (Wildman–Crippen MR) is 76.6 cm³/mol. The maximum Gasteiger partial charge on any atom is 0.305 e. The van der Waals surface area contributed by atoms with Crippen LogP contribution in [-0.2, 0) is 4.79 Å². The number of aromatic nitrogens is 1. The average Bonchev–Trinajstić information content (AvgIpc) is 2.46. The van der Waals surface area contributed by atoms with E-state index in [0.29, 0.717) is 12.4 Å². The number of nitrogens with zero attached hydrogens (tertiary/aromatic N) is 3. The first-order valence-corrected chi connectivity index (χ1v) is 6.56. The van der Waals surface area contributed by atoms with Crippen molar-refractivity contribution in [3.8, 4) is 6.07 Å². The topological polar surface area (TPSA) is 121 Å². The highest BCUT2D eigenvalue weighted by Crippen LogP contribution is 2.17. The molecule has 8 nitrogen and oxygen atoms in total. The number of pyridine rings is 1. The van der Waals surface area contributed by atoms with Crippen LogP contribution in [0.3, 0.4) is 0 Å². The van der Waals surface area contributed by atoms with Gasteiger partial charge in [0.1, 0.15) is 11.9 Å². The van der Waals surface area contributed by atoms with Crippen molar-refractivity contribution in [2.75, 3.05) is 11.9 Å². The first kappa shape index (κ1) is 16.4. The van der Waals surface area contributed by atoms with Crippen LogP contribution in [0.15, 0.2) is 12.1 Å². The Hall–Kier alpha value is -2.69. The lowest BCUT2D eigenvalue weighted by Crippen LogP contribution is -2.33. The lowest BCUT2D eigenvalue weighted by atomic mass is 10.2. The number of hydrogen-bond acceptors (Lipinski definition) is 6. The zero-order chi connectivity index (χ0) is 15.8. The molecule has 8 heteroatoms. The van der Waals surface area contributed by atoms with E-state index in [1.807, 2.05) is 13.8 Å². The monoisotopic (exact) mass is 291 g/mol. The molecule has 2 N–H and O–H groups in total. The highest BCUT2D eigenvalue weighted by molar-refractivity contribution is 5.76. The van der Waals surface area contributed by atoms with Crippen molar-refractivity contribution < 1.29 is 9.72 Å². The fourth-order valence-electron chi connectivity index (χ4n) is 1.53. The first-order valence-electron chi connectivity index (χ1n) is 6.56. The van der Waals surface area contributed by atoms with E-state index >= 15 is 0 Å². The third kappa shape index (κ3) is 5.06. The van der Waals surface area contributed by atoms with Crippen LogP contribution in [0.25, 0.3) is 0 Å². The van der Waals surface area contributed by atoms with Crippen LogP contribution < -0.4 is 10.6 Å². The van der Waals surface area contributed by atoms with Crippen molar-refractivity contribution in [2.45, 2.75) is 32.7 Å². The summed E-state index contributed by atoms with van der Waals surface area (Å²) in [6.45, 7) is 4.23. The maximum absolute atomic E-state index is 11.6. The fourth-order valence-corrected chi connectivity index (χ4v) is 1.53. The van der Waals surface area contributed by atoms with Gasteiger partial charge in [0.15, 0.2) is 0 Å². The van der Waals surface area contributed by atoms with E-state index in [-0.39, 0.29) is 29.8 Å². The minimum absolute atomic E-state index is 0.0840. The Morgan fingerprint density at radius 1 is 1.57 bits per heavy atom. The molecule has 0 aliphatic carbocycles. The molecule has 0 fully saturated rings. The van der Waals surface area contributed by atoms with E-state index in [1.54, 1.807) is 6.07 Å². The number of anilines is 1. The first-order chi connectivity index (χ1) is 9.97. The van der Waals surface area contributed by atoms with Gasteiger partial charge in [-0.25, -0.2) is 4.98 Å². The largest absolute Gasteiger partial charge is 0.370 e. The van der Waals surface area contributed by atoms with Gasteiger partial charge in [-0.05, 0) is 19.4 Å². The molecule has 0 aliphatic rings. The molecule has 0 spiro atoms. The Morgan fingerprint density at radius 3 is 2.86 bits per heavy atom. The van der Waals surface area contributed by atoms with Gasteiger partial charge in [-0.3, -0.25) is 14.9 Å². The maximum atomic E-state index is 11.6. The summed E-state index contributed by atoms with van der Waals surface area (Å²) >= 11 is 0. The van der Waals surface area contributed by atoms with Crippen molar-refractivity contribution in [3.63, 3.8) is 0 Å². The van der Waals surface area contributed by atoms with E-state index < -0.39 is 4.92 Å². The van der Waals surface area contributed by atoms with E-state index in [9.17, 15) is 14.9 Å². The van der Waals surface area contributed by atoms with Gasteiger partial charge in [0.2, 0.25) is 11.6 Å². The number of nitro groups is 1. The van der Waals surface area contributed by atoms with E-state index in [0.717, 1.165) is 6.42 Å². The second kappa shape index (κ2) is 7.79. The molecule has 1 rings (SSSR count). The molecule has 21 heavy (non-hydrogen) atoms. The summed E-state index contributed by atoms with van der Waals surface area (Å²) in [6, 6.07) is 4.43. The van der Waals surface area contributed by atoms with Gasteiger partial charge in [0.25, 0.3) is 0 Å². The highest BCUT2D eigenvalue weighted by atomic mass is 16.6. The Kier molecular flexibility index (Phi) is 6.07. The van der Waals surface area contributed by atoms with Crippen LogP contribution in [0.5, 0.6) is 0 Å². The average molecular weight is 291 g/mol. The van der Waals surface area contributed by atoms with Crippen molar-refractivity contribution in [2.24, 2.45) is 0 Å². The minimum atomic E-state index is -0.658.